The van der Waals surface area contributed by atoms with Crippen LogP contribution in [0.15, 0.2) is 28.6 Å². The summed E-state index contributed by atoms with van der Waals surface area (Å²) >= 11 is 1.60. The van der Waals surface area contributed by atoms with Crippen LogP contribution in [-0.2, 0) is 4.74 Å². The fourth-order valence-electron chi connectivity index (χ4n) is 3.53. The Kier molecular flexibility index (Phi) is 4.15. The Morgan fingerprint density at radius 3 is 2.46 bits per heavy atom. The Morgan fingerprint density at radius 1 is 1.19 bits per heavy atom. The number of nitrogens with zero attached hydrogens (tertiary/aromatic N) is 4. The summed E-state index contributed by atoms with van der Waals surface area (Å²) in [7, 11) is 0. The third-order valence-corrected chi connectivity index (χ3v) is 6.03. The molecule has 0 bridgehead atoms. The molecule has 132 valence electrons. The number of thiophene rings is 1. The van der Waals surface area contributed by atoms with Gasteiger partial charge in [-0.15, -0.1) is 11.3 Å². The molecule has 2 aromatic rings. The molecule has 0 spiro atoms. The molecular weight excluding hydrogens is 348 g/mol. The van der Waals surface area contributed by atoms with Gasteiger partial charge in [0.2, 0.25) is 0 Å². The molecule has 7 nitrogen and oxygen atoms in total. The van der Waals surface area contributed by atoms with E-state index in [9.17, 15) is 10.5 Å². The SMILES string of the molecule is CC1=C(C#N)C(c2cc3[nH]nc(N4CCOCC4)c3s2)C(C#N)=C(C)N1. The number of nitrogens with one attached hydrogen (secondary N) is 2. The van der Waals surface area contributed by atoms with Crippen LogP contribution < -0.4 is 10.2 Å². The van der Waals surface area contributed by atoms with Gasteiger partial charge < -0.3 is 15.0 Å². The summed E-state index contributed by atoms with van der Waals surface area (Å²) in [5, 5.41) is 30.0. The van der Waals surface area contributed by atoms with E-state index in [2.05, 4.69) is 32.6 Å². The zero-order valence-electron chi connectivity index (χ0n) is 14.6. The summed E-state index contributed by atoms with van der Waals surface area (Å²) in [6.45, 7) is 6.77. The number of dihydropyridines is 1. The van der Waals surface area contributed by atoms with Crippen LogP contribution in [0.25, 0.3) is 10.2 Å². The summed E-state index contributed by atoms with van der Waals surface area (Å²) in [4.78, 5) is 3.19. The molecule has 2 N–H and O–H groups in total. The lowest BCUT2D eigenvalue weighted by molar-refractivity contribution is 0.122. The number of ether oxygens (including phenoxy) is 1. The van der Waals surface area contributed by atoms with Crippen molar-refractivity contribution in [3.05, 3.63) is 33.5 Å². The van der Waals surface area contributed by atoms with E-state index in [4.69, 9.17) is 4.74 Å². The molecule has 0 aromatic carbocycles. The number of morpholine rings is 1. The van der Waals surface area contributed by atoms with Crippen LogP contribution in [-0.4, -0.2) is 36.5 Å². The Bertz CT molecular complexity index is 973. The number of rotatable bonds is 2. The second-order valence-corrected chi connectivity index (χ2v) is 7.48. The number of anilines is 1. The molecule has 0 aliphatic carbocycles. The van der Waals surface area contributed by atoms with Gasteiger partial charge in [0, 0.05) is 29.4 Å². The highest BCUT2D eigenvalue weighted by molar-refractivity contribution is 7.19. The molecule has 1 saturated heterocycles. The van der Waals surface area contributed by atoms with Crippen LogP contribution >= 0.6 is 11.3 Å². The molecular formula is C18H18N6OS. The van der Waals surface area contributed by atoms with Gasteiger partial charge in [-0.2, -0.15) is 15.6 Å². The van der Waals surface area contributed by atoms with Crippen LogP contribution in [0.4, 0.5) is 5.82 Å². The molecule has 0 amide bonds. The first-order chi connectivity index (χ1) is 12.6. The molecule has 4 rings (SSSR count). The summed E-state index contributed by atoms with van der Waals surface area (Å²) in [6, 6.07) is 6.59. The summed E-state index contributed by atoms with van der Waals surface area (Å²) < 4.78 is 6.48. The number of fused-ring (bicyclic) bond motifs is 1. The minimum Gasteiger partial charge on any atom is -0.378 e. The number of hydrogen-bond donors (Lipinski definition) is 2. The molecule has 0 radical (unpaired) electrons. The number of allylic oxidation sites excluding steroid dienone is 4. The maximum atomic E-state index is 9.66. The van der Waals surface area contributed by atoms with Crippen LogP contribution in [0.5, 0.6) is 0 Å². The number of nitriles is 2. The van der Waals surface area contributed by atoms with Crippen LogP contribution in [0.2, 0.25) is 0 Å². The first-order valence-electron chi connectivity index (χ1n) is 8.43. The molecule has 0 unspecified atom stereocenters. The summed E-state index contributed by atoms with van der Waals surface area (Å²) in [6.07, 6.45) is 0. The van der Waals surface area contributed by atoms with Crippen LogP contribution in [0, 0.1) is 22.7 Å². The van der Waals surface area contributed by atoms with E-state index < -0.39 is 0 Å². The monoisotopic (exact) mass is 366 g/mol. The lowest BCUT2D eigenvalue weighted by Gasteiger charge is -2.26. The van der Waals surface area contributed by atoms with Crippen molar-refractivity contribution < 1.29 is 4.74 Å². The largest absolute Gasteiger partial charge is 0.378 e. The van der Waals surface area contributed by atoms with Crippen molar-refractivity contribution in [2.75, 3.05) is 31.2 Å². The van der Waals surface area contributed by atoms with E-state index in [1.807, 2.05) is 19.9 Å². The molecule has 2 aromatic heterocycles. The smallest absolute Gasteiger partial charge is 0.168 e. The maximum Gasteiger partial charge on any atom is 0.168 e. The van der Waals surface area contributed by atoms with E-state index in [1.165, 1.54) is 0 Å². The van der Waals surface area contributed by atoms with Gasteiger partial charge in [0.15, 0.2) is 5.82 Å². The third-order valence-electron chi connectivity index (χ3n) is 4.83. The predicted molar refractivity (Wildman–Crippen MR) is 99.5 cm³/mol. The average molecular weight is 366 g/mol. The molecule has 4 heterocycles. The van der Waals surface area contributed by atoms with Crippen molar-refractivity contribution in [1.82, 2.24) is 15.5 Å². The minimum absolute atomic E-state index is 0.324. The molecule has 0 saturated carbocycles. The molecule has 8 heteroatoms. The van der Waals surface area contributed by atoms with E-state index >= 15 is 0 Å². The fraction of sp³-hybridized carbons (Fsp3) is 0.389. The van der Waals surface area contributed by atoms with E-state index in [0.717, 1.165) is 45.4 Å². The van der Waals surface area contributed by atoms with Crippen molar-refractivity contribution in [2.24, 2.45) is 0 Å². The number of hydrogen-bond acceptors (Lipinski definition) is 7. The number of aromatic amines is 1. The van der Waals surface area contributed by atoms with Crippen LogP contribution in [0.1, 0.15) is 24.6 Å². The van der Waals surface area contributed by atoms with Gasteiger partial charge in [0.05, 0.1) is 52.6 Å². The van der Waals surface area contributed by atoms with Crippen molar-refractivity contribution in [2.45, 2.75) is 19.8 Å². The number of aromatic nitrogens is 2. The zero-order valence-corrected chi connectivity index (χ0v) is 15.4. The van der Waals surface area contributed by atoms with E-state index in [-0.39, 0.29) is 5.92 Å². The molecule has 2 aliphatic heterocycles. The van der Waals surface area contributed by atoms with E-state index in [1.54, 1.807) is 11.3 Å². The Morgan fingerprint density at radius 2 is 1.85 bits per heavy atom. The summed E-state index contributed by atoms with van der Waals surface area (Å²) in [5.74, 6) is 0.599. The van der Waals surface area contributed by atoms with Gasteiger partial charge >= 0.3 is 0 Å². The predicted octanol–water partition coefficient (Wildman–Crippen LogP) is 2.74. The zero-order chi connectivity index (χ0) is 18.3. The van der Waals surface area contributed by atoms with Gasteiger partial charge in [0.1, 0.15) is 0 Å². The highest BCUT2D eigenvalue weighted by atomic mass is 32.1. The Labute approximate surface area is 155 Å². The van der Waals surface area contributed by atoms with E-state index in [0.29, 0.717) is 24.4 Å². The Balaban J connectivity index is 1.81. The normalized spacial score (nSPS) is 18.8. The first kappa shape index (κ1) is 16.6. The Hall–Kier alpha value is -2.81. The highest BCUT2D eigenvalue weighted by Gasteiger charge is 2.31. The van der Waals surface area contributed by atoms with Crippen molar-refractivity contribution in [3.63, 3.8) is 0 Å². The van der Waals surface area contributed by atoms with Gasteiger partial charge in [-0.1, -0.05) is 0 Å². The fourth-order valence-corrected chi connectivity index (χ4v) is 4.78. The minimum atomic E-state index is -0.324. The molecule has 26 heavy (non-hydrogen) atoms. The van der Waals surface area contributed by atoms with Crippen molar-refractivity contribution in [1.29, 1.82) is 10.5 Å². The van der Waals surface area contributed by atoms with Crippen LogP contribution in [0.3, 0.4) is 0 Å². The molecule has 0 atom stereocenters. The molecule has 1 fully saturated rings. The van der Waals surface area contributed by atoms with Gasteiger partial charge in [-0.05, 0) is 19.9 Å². The maximum absolute atomic E-state index is 9.66. The van der Waals surface area contributed by atoms with Gasteiger partial charge in [-0.3, -0.25) is 5.10 Å². The van der Waals surface area contributed by atoms with Gasteiger partial charge in [-0.25, -0.2) is 0 Å². The summed E-state index contributed by atoms with van der Waals surface area (Å²) in [5.41, 5.74) is 3.74. The highest BCUT2D eigenvalue weighted by Crippen LogP contribution is 2.43. The van der Waals surface area contributed by atoms with Crippen molar-refractivity contribution in [3.8, 4) is 12.1 Å². The lowest BCUT2D eigenvalue weighted by atomic mass is 9.86. The molecule has 2 aliphatic rings. The average Bonchev–Trinajstić information content (AvgIpc) is 3.22. The quantitative estimate of drug-likeness (QED) is 0.847. The topological polar surface area (TPSA) is 101 Å². The first-order valence-corrected chi connectivity index (χ1v) is 9.25. The van der Waals surface area contributed by atoms with Crippen molar-refractivity contribution >= 4 is 27.4 Å². The second kappa shape index (κ2) is 6.49. The van der Waals surface area contributed by atoms with Gasteiger partial charge in [0.25, 0.3) is 0 Å². The third kappa shape index (κ3) is 2.55. The lowest BCUT2D eigenvalue weighted by Crippen LogP contribution is -2.36. The second-order valence-electron chi connectivity index (χ2n) is 6.40. The standard InChI is InChI=1S/C18H18N6OS/c1-10-12(8-19)16(13(9-20)11(2)21-10)15-7-14-17(26-15)18(23-22-14)24-3-5-25-6-4-24/h7,16,21H,3-6H2,1-2H3,(H,22,23). The number of H-pyrrole nitrogens is 1.